The maximum Gasteiger partial charge on any atom is 0.303 e. The fourth-order valence-corrected chi connectivity index (χ4v) is 3.10. The quantitative estimate of drug-likeness (QED) is 0.206. The molecule has 0 atom stereocenters. The van der Waals surface area contributed by atoms with E-state index in [2.05, 4.69) is 10.6 Å². The van der Waals surface area contributed by atoms with Crippen LogP contribution < -0.4 is 10.6 Å². The molecule has 4 N–H and O–H groups in total. The van der Waals surface area contributed by atoms with Crippen molar-refractivity contribution in [3.05, 3.63) is 0 Å². The van der Waals surface area contributed by atoms with Crippen LogP contribution in [0.5, 0.6) is 0 Å². The first kappa shape index (κ1) is 27.9. The summed E-state index contributed by atoms with van der Waals surface area (Å²) >= 11 is 0. The van der Waals surface area contributed by atoms with E-state index in [0.29, 0.717) is 25.9 Å². The molecule has 0 saturated carbocycles. The number of carbonyl (C=O) groups excluding carboxylic acids is 2. The fraction of sp³-hybridized carbons (Fsp3) is 0.818. The third-order valence-electron chi connectivity index (χ3n) is 4.84. The third kappa shape index (κ3) is 22.2. The van der Waals surface area contributed by atoms with Gasteiger partial charge in [0.15, 0.2) is 0 Å². The Balaban J connectivity index is 3.22. The Kier molecular flexibility index (Phi) is 18.7. The van der Waals surface area contributed by atoms with E-state index >= 15 is 0 Å². The van der Waals surface area contributed by atoms with Gasteiger partial charge in [-0.2, -0.15) is 0 Å². The molecule has 0 aliphatic rings. The van der Waals surface area contributed by atoms with Gasteiger partial charge in [0.1, 0.15) is 0 Å². The Morgan fingerprint density at radius 3 is 1.03 bits per heavy atom. The van der Waals surface area contributed by atoms with Gasteiger partial charge in [0, 0.05) is 38.8 Å². The van der Waals surface area contributed by atoms with Crippen LogP contribution in [0.1, 0.15) is 103 Å². The SMILES string of the molecule is O=C(O)CCCC(=O)NCCCCCCCCCCCCNC(=O)CCCC(=O)O. The second-order valence-electron chi connectivity index (χ2n) is 7.73. The van der Waals surface area contributed by atoms with Gasteiger partial charge in [-0.25, -0.2) is 0 Å². The maximum atomic E-state index is 11.5. The van der Waals surface area contributed by atoms with Gasteiger partial charge in [-0.3, -0.25) is 19.2 Å². The van der Waals surface area contributed by atoms with Crippen molar-refractivity contribution in [1.82, 2.24) is 10.6 Å². The first-order chi connectivity index (χ1) is 14.4. The highest BCUT2D eigenvalue weighted by Crippen LogP contribution is 2.10. The molecule has 0 aromatic rings. The summed E-state index contributed by atoms with van der Waals surface area (Å²) in [6, 6.07) is 0. The standard InChI is InChI=1S/C22H40N2O6/c25-19(13-11-15-21(27)28)23-17-9-7-5-3-1-2-4-6-8-10-18-24-20(26)14-12-16-22(29)30/h1-18H2,(H,23,25)(H,24,26)(H,27,28)(H,29,30). The highest BCUT2D eigenvalue weighted by Gasteiger charge is 2.04. The zero-order valence-electron chi connectivity index (χ0n) is 18.3. The van der Waals surface area contributed by atoms with Gasteiger partial charge in [-0.05, 0) is 25.7 Å². The molecule has 0 bridgehead atoms. The lowest BCUT2D eigenvalue weighted by Gasteiger charge is -2.06. The summed E-state index contributed by atoms with van der Waals surface area (Å²) in [7, 11) is 0. The molecule has 0 aromatic heterocycles. The van der Waals surface area contributed by atoms with Gasteiger partial charge in [-0.1, -0.05) is 51.4 Å². The molecule has 0 saturated heterocycles. The normalized spacial score (nSPS) is 10.5. The summed E-state index contributed by atoms with van der Waals surface area (Å²) in [4.78, 5) is 43.7. The van der Waals surface area contributed by atoms with Gasteiger partial charge < -0.3 is 20.8 Å². The molecule has 0 aromatic carbocycles. The largest absolute Gasteiger partial charge is 0.481 e. The van der Waals surface area contributed by atoms with E-state index in [0.717, 1.165) is 25.7 Å². The third-order valence-corrected chi connectivity index (χ3v) is 4.84. The first-order valence-electron chi connectivity index (χ1n) is 11.4. The molecule has 8 heteroatoms. The maximum absolute atomic E-state index is 11.5. The Labute approximate surface area is 180 Å². The molecule has 0 radical (unpaired) electrons. The zero-order valence-corrected chi connectivity index (χ0v) is 18.3. The van der Waals surface area contributed by atoms with E-state index in [4.69, 9.17) is 10.2 Å². The van der Waals surface area contributed by atoms with Crippen LogP contribution in [0.25, 0.3) is 0 Å². The number of carbonyl (C=O) groups is 4. The number of rotatable bonds is 21. The van der Waals surface area contributed by atoms with E-state index in [9.17, 15) is 19.2 Å². The molecule has 174 valence electrons. The van der Waals surface area contributed by atoms with Crippen LogP contribution in [-0.4, -0.2) is 47.1 Å². The molecule has 8 nitrogen and oxygen atoms in total. The summed E-state index contributed by atoms with van der Waals surface area (Å²) in [5.41, 5.74) is 0. The van der Waals surface area contributed by atoms with Crippen molar-refractivity contribution in [3.63, 3.8) is 0 Å². The predicted octanol–water partition coefficient (Wildman–Crippen LogP) is 3.63. The predicted molar refractivity (Wildman–Crippen MR) is 115 cm³/mol. The second-order valence-corrected chi connectivity index (χ2v) is 7.73. The molecular formula is C22H40N2O6. The van der Waals surface area contributed by atoms with Crippen molar-refractivity contribution in [1.29, 1.82) is 0 Å². The summed E-state index contributed by atoms with van der Waals surface area (Å²) < 4.78 is 0. The van der Waals surface area contributed by atoms with Gasteiger partial charge in [0.25, 0.3) is 0 Å². The number of hydrogen-bond donors (Lipinski definition) is 4. The number of aliphatic carboxylic acids is 2. The fourth-order valence-electron chi connectivity index (χ4n) is 3.10. The van der Waals surface area contributed by atoms with Crippen LogP contribution in [0.3, 0.4) is 0 Å². The first-order valence-corrected chi connectivity index (χ1v) is 11.4. The topological polar surface area (TPSA) is 133 Å². The lowest BCUT2D eigenvalue weighted by molar-refractivity contribution is -0.138. The van der Waals surface area contributed by atoms with Crippen LogP contribution in [0.4, 0.5) is 0 Å². The molecule has 0 fully saturated rings. The van der Waals surface area contributed by atoms with Crippen LogP contribution in [-0.2, 0) is 19.2 Å². The molecule has 0 aliphatic carbocycles. The van der Waals surface area contributed by atoms with Crippen LogP contribution in [0, 0.1) is 0 Å². The highest BCUT2D eigenvalue weighted by molar-refractivity contribution is 5.77. The average molecular weight is 429 g/mol. The molecule has 2 amide bonds. The van der Waals surface area contributed by atoms with Crippen molar-refractivity contribution in [2.75, 3.05) is 13.1 Å². The lowest BCUT2D eigenvalue weighted by Crippen LogP contribution is -2.24. The van der Waals surface area contributed by atoms with E-state index in [1.165, 1.54) is 38.5 Å². The molecule has 0 heterocycles. The van der Waals surface area contributed by atoms with E-state index in [-0.39, 0.29) is 37.5 Å². The Bertz CT molecular complexity index is 452. The van der Waals surface area contributed by atoms with Gasteiger partial charge in [0.2, 0.25) is 11.8 Å². The molecule has 0 aliphatic heterocycles. The Hall–Kier alpha value is -2.12. The van der Waals surface area contributed by atoms with Crippen molar-refractivity contribution in [2.24, 2.45) is 0 Å². The van der Waals surface area contributed by atoms with E-state index in [1.807, 2.05) is 0 Å². The smallest absolute Gasteiger partial charge is 0.303 e. The van der Waals surface area contributed by atoms with Gasteiger partial charge in [-0.15, -0.1) is 0 Å². The Morgan fingerprint density at radius 1 is 0.433 bits per heavy atom. The van der Waals surface area contributed by atoms with Gasteiger partial charge in [0.05, 0.1) is 0 Å². The minimum Gasteiger partial charge on any atom is -0.481 e. The number of carboxylic acid groups (broad SMARTS) is 2. The number of unbranched alkanes of at least 4 members (excludes halogenated alkanes) is 9. The minimum absolute atomic E-state index is 0.0418. The number of carboxylic acids is 2. The average Bonchev–Trinajstić information content (AvgIpc) is 2.67. The van der Waals surface area contributed by atoms with Crippen molar-refractivity contribution in [3.8, 4) is 0 Å². The molecular weight excluding hydrogens is 388 g/mol. The number of amides is 2. The van der Waals surface area contributed by atoms with Crippen LogP contribution in [0.2, 0.25) is 0 Å². The van der Waals surface area contributed by atoms with Crippen LogP contribution >= 0.6 is 0 Å². The lowest BCUT2D eigenvalue weighted by atomic mass is 10.1. The summed E-state index contributed by atoms with van der Waals surface area (Å²) in [5.74, 6) is -1.85. The summed E-state index contributed by atoms with van der Waals surface area (Å²) in [6.07, 6.45) is 12.8. The van der Waals surface area contributed by atoms with Crippen molar-refractivity contribution in [2.45, 2.75) is 103 Å². The highest BCUT2D eigenvalue weighted by atomic mass is 16.4. The van der Waals surface area contributed by atoms with E-state index < -0.39 is 11.9 Å². The Morgan fingerprint density at radius 2 is 0.733 bits per heavy atom. The monoisotopic (exact) mass is 428 g/mol. The van der Waals surface area contributed by atoms with Crippen LogP contribution in [0.15, 0.2) is 0 Å². The van der Waals surface area contributed by atoms with E-state index in [1.54, 1.807) is 0 Å². The minimum atomic E-state index is -0.863. The molecule has 0 rings (SSSR count). The summed E-state index contributed by atoms with van der Waals surface area (Å²) in [5, 5.41) is 22.7. The molecule has 0 unspecified atom stereocenters. The second kappa shape index (κ2) is 20.2. The molecule has 0 spiro atoms. The van der Waals surface area contributed by atoms with Crippen molar-refractivity contribution < 1.29 is 29.4 Å². The summed E-state index contributed by atoms with van der Waals surface area (Å²) in [6.45, 7) is 1.34. The zero-order chi connectivity index (χ0) is 22.5. The molecule has 30 heavy (non-hydrogen) atoms. The number of hydrogen-bond acceptors (Lipinski definition) is 4. The van der Waals surface area contributed by atoms with Gasteiger partial charge >= 0.3 is 11.9 Å². The van der Waals surface area contributed by atoms with Crippen molar-refractivity contribution >= 4 is 23.8 Å². The number of nitrogens with one attached hydrogen (secondary N) is 2.